The first-order chi connectivity index (χ1) is 12.6. The molecule has 2 aromatic carbocycles. The minimum absolute atomic E-state index is 0.0101. The van der Waals surface area contributed by atoms with Crippen LogP contribution in [0, 0.1) is 5.82 Å². The average molecular weight is 371 g/mol. The maximum absolute atomic E-state index is 14.0. The maximum Gasteiger partial charge on any atom is 0.257 e. The van der Waals surface area contributed by atoms with Crippen molar-refractivity contribution in [2.45, 2.75) is 0 Å². The van der Waals surface area contributed by atoms with Gasteiger partial charge in [-0.05, 0) is 18.2 Å². The Morgan fingerprint density at radius 2 is 1.85 bits per heavy atom. The van der Waals surface area contributed by atoms with Gasteiger partial charge in [0.05, 0.1) is 11.8 Å². The molecule has 3 aromatic rings. The van der Waals surface area contributed by atoms with Crippen LogP contribution in [0.15, 0.2) is 48.7 Å². The number of carbonyl (C=O) groups excluding carboxylic acids is 1. The third-order valence-electron chi connectivity index (χ3n) is 4.58. The van der Waals surface area contributed by atoms with Crippen LogP contribution in [0.25, 0.3) is 10.8 Å². The van der Waals surface area contributed by atoms with E-state index < -0.39 is 5.82 Å². The number of amides is 1. The molecule has 1 aromatic heterocycles. The van der Waals surface area contributed by atoms with Gasteiger partial charge in [0.2, 0.25) is 0 Å². The van der Waals surface area contributed by atoms with Crippen LogP contribution in [-0.2, 0) is 0 Å². The summed E-state index contributed by atoms with van der Waals surface area (Å²) in [5.74, 6) is -0.0838. The van der Waals surface area contributed by atoms with E-state index in [9.17, 15) is 9.18 Å². The van der Waals surface area contributed by atoms with Gasteiger partial charge in [-0.1, -0.05) is 35.9 Å². The molecular weight excluding hydrogens is 355 g/mol. The van der Waals surface area contributed by atoms with Crippen molar-refractivity contribution in [3.63, 3.8) is 0 Å². The molecule has 0 bridgehead atoms. The van der Waals surface area contributed by atoms with Crippen LogP contribution in [-0.4, -0.2) is 47.2 Å². The minimum Gasteiger partial charge on any atom is -0.351 e. The summed E-state index contributed by atoms with van der Waals surface area (Å²) < 4.78 is 14.0. The van der Waals surface area contributed by atoms with E-state index in [0.717, 1.165) is 16.6 Å². The van der Waals surface area contributed by atoms with Gasteiger partial charge in [-0.3, -0.25) is 4.79 Å². The van der Waals surface area contributed by atoms with E-state index in [1.165, 1.54) is 18.2 Å². The number of fused-ring (bicyclic) bond motifs is 1. The molecule has 5 nitrogen and oxygen atoms in total. The molecule has 0 aliphatic carbocycles. The maximum atomic E-state index is 14.0. The van der Waals surface area contributed by atoms with Crippen molar-refractivity contribution >= 4 is 34.1 Å². The van der Waals surface area contributed by atoms with Gasteiger partial charge in [0.1, 0.15) is 5.82 Å². The van der Waals surface area contributed by atoms with E-state index in [1.54, 1.807) is 11.1 Å². The Labute approximate surface area is 155 Å². The Bertz CT molecular complexity index is 967. The van der Waals surface area contributed by atoms with Crippen LogP contribution in [0.5, 0.6) is 0 Å². The molecular formula is C19H16ClFN4O. The highest BCUT2D eigenvalue weighted by Crippen LogP contribution is 2.25. The number of rotatable bonds is 2. The van der Waals surface area contributed by atoms with Crippen LogP contribution in [0.1, 0.15) is 10.4 Å². The molecule has 1 aliphatic rings. The lowest BCUT2D eigenvalue weighted by Gasteiger charge is -2.35. The summed E-state index contributed by atoms with van der Waals surface area (Å²) in [4.78, 5) is 16.4. The molecule has 1 fully saturated rings. The zero-order valence-corrected chi connectivity index (χ0v) is 14.7. The fourth-order valence-electron chi connectivity index (χ4n) is 3.20. The highest BCUT2D eigenvalue weighted by Gasteiger charge is 2.25. The number of anilines is 1. The third-order valence-corrected chi connectivity index (χ3v) is 4.81. The molecule has 7 heteroatoms. The van der Waals surface area contributed by atoms with Crippen LogP contribution >= 0.6 is 11.6 Å². The normalized spacial score (nSPS) is 14.7. The molecule has 1 saturated heterocycles. The van der Waals surface area contributed by atoms with E-state index in [-0.39, 0.29) is 11.5 Å². The molecule has 1 aliphatic heterocycles. The summed E-state index contributed by atoms with van der Waals surface area (Å²) in [6.07, 6.45) is 1.74. The minimum atomic E-state index is -0.554. The topological polar surface area (TPSA) is 49.3 Å². The standard InChI is InChI=1S/C19H16ClFN4O/c20-14-5-6-17(21)16(11-14)19(26)25-9-7-24(8-10-25)18-15-4-2-1-3-13(15)12-22-23-18/h1-6,11-12H,7-10H2. The quantitative estimate of drug-likeness (QED) is 0.694. The van der Waals surface area contributed by atoms with Crippen LogP contribution in [0.3, 0.4) is 0 Å². The summed E-state index contributed by atoms with van der Waals surface area (Å²) in [6, 6.07) is 12.0. The third kappa shape index (κ3) is 3.08. The summed E-state index contributed by atoms with van der Waals surface area (Å²) in [7, 11) is 0. The van der Waals surface area contributed by atoms with E-state index in [0.29, 0.717) is 31.2 Å². The second-order valence-electron chi connectivity index (χ2n) is 6.16. The molecule has 4 rings (SSSR count). The predicted octanol–water partition coefficient (Wildman–Crippen LogP) is 3.38. The van der Waals surface area contributed by atoms with Gasteiger partial charge < -0.3 is 9.80 Å². The van der Waals surface area contributed by atoms with E-state index in [1.807, 2.05) is 24.3 Å². The first-order valence-corrected chi connectivity index (χ1v) is 8.71. The van der Waals surface area contributed by atoms with Crippen molar-refractivity contribution < 1.29 is 9.18 Å². The lowest BCUT2D eigenvalue weighted by molar-refractivity contribution is 0.0742. The molecule has 132 valence electrons. The zero-order valence-electron chi connectivity index (χ0n) is 13.9. The predicted molar refractivity (Wildman–Crippen MR) is 99.1 cm³/mol. The Hall–Kier alpha value is -2.73. The Morgan fingerprint density at radius 3 is 2.65 bits per heavy atom. The van der Waals surface area contributed by atoms with Crippen molar-refractivity contribution in [2.75, 3.05) is 31.1 Å². The van der Waals surface area contributed by atoms with Gasteiger partial charge in [0.25, 0.3) is 5.91 Å². The summed E-state index contributed by atoms with van der Waals surface area (Å²) in [5.41, 5.74) is 0.0101. The van der Waals surface area contributed by atoms with Crippen molar-refractivity contribution in [3.05, 3.63) is 65.1 Å². The number of piperazine rings is 1. The van der Waals surface area contributed by atoms with Gasteiger partial charge in [-0.25, -0.2) is 4.39 Å². The average Bonchev–Trinajstić information content (AvgIpc) is 2.69. The Balaban J connectivity index is 1.52. The van der Waals surface area contributed by atoms with Crippen LogP contribution in [0.2, 0.25) is 5.02 Å². The largest absolute Gasteiger partial charge is 0.351 e. The van der Waals surface area contributed by atoms with Gasteiger partial charge in [-0.15, -0.1) is 5.10 Å². The second kappa shape index (κ2) is 6.88. The van der Waals surface area contributed by atoms with E-state index in [4.69, 9.17) is 11.6 Å². The highest BCUT2D eigenvalue weighted by atomic mass is 35.5. The number of aromatic nitrogens is 2. The molecule has 2 heterocycles. The molecule has 0 saturated carbocycles. The van der Waals surface area contributed by atoms with Gasteiger partial charge in [0, 0.05) is 42.0 Å². The number of carbonyl (C=O) groups is 1. The monoisotopic (exact) mass is 370 g/mol. The van der Waals surface area contributed by atoms with Crippen LogP contribution in [0.4, 0.5) is 10.2 Å². The van der Waals surface area contributed by atoms with Gasteiger partial charge in [0.15, 0.2) is 5.82 Å². The summed E-state index contributed by atoms with van der Waals surface area (Å²) >= 11 is 5.90. The summed E-state index contributed by atoms with van der Waals surface area (Å²) in [6.45, 7) is 2.18. The second-order valence-corrected chi connectivity index (χ2v) is 6.60. The van der Waals surface area contributed by atoms with Crippen molar-refractivity contribution in [1.82, 2.24) is 15.1 Å². The zero-order chi connectivity index (χ0) is 18.1. The lowest BCUT2D eigenvalue weighted by atomic mass is 10.1. The molecule has 0 unspecified atom stereocenters. The van der Waals surface area contributed by atoms with E-state index >= 15 is 0 Å². The number of halogens is 2. The molecule has 26 heavy (non-hydrogen) atoms. The molecule has 0 spiro atoms. The highest BCUT2D eigenvalue weighted by molar-refractivity contribution is 6.31. The Kier molecular flexibility index (Phi) is 4.42. The van der Waals surface area contributed by atoms with Gasteiger partial charge in [-0.2, -0.15) is 5.10 Å². The summed E-state index contributed by atoms with van der Waals surface area (Å²) in [5, 5.41) is 10.8. The SMILES string of the molecule is O=C(c1cc(Cl)ccc1F)N1CCN(c2nncc3ccccc23)CC1. The molecule has 0 N–H and O–H groups in total. The van der Waals surface area contributed by atoms with Crippen molar-refractivity contribution in [2.24, 2.45) is 0 Å². The molecule has 0 radical (unpaired) electrons. The molecule has 1 amide bonds. The van der Waals surface area contributed by atoms with Gasteiger partial charge >= 0.3 is 0 Å². The number of hydrogen-bond donors (Lipinski definition) is 0. The van der Waals surface area contributed by atoms with Crippen molar-refractivity contribution in [3.8, 4) is 0 Å². The first kappa shape index (κ1) is 16.7. The fraction of sp³-hybridized carbons (Fsp3) is 0.211. The number of benzene rings is 2. The fourth-order valence-corrected chi connectivity index (χ4v) is 3.37. The smallest absolute Gasteiger partial charge is 0.257 e. The molecule has 0 atom stereocenters. The Morgan fingerprint density at radius 1 is 1.08 bits per heavy atom. The first-order valence-electron chi connectivity index (χ1n) is 8.33. The number of nitrogens with zero attached hydrogens (tertiary/aromatic N) is 4. The van der Waals surface area contributed by atoms with E-state index in [2.05, 4.69) is 15.1 Å². The lowest BCUT2D eigenvalue weighted by Crippen LogP contribution is -2.49. The number of hydrogen-bond acceptors (Lipinski definition) is 4. The van der Waals surface area contributed by atoms with Crippen LogP contribution < -0.4 is 4.90 Å². The van der Waals surface area contributed by atoms with Crippen molar-refractivity contribution in [1.29, 1.82) is 0 Å².